The smallest absolute Gasteiger partial charge is 0.135 e. The Balaban J connectivity index is 1.36. The van der Waals surface area contributed by atoms with Crippen molar-refractivity contribution in [2.75, 3.05) is 0 Å². The van der Waals surface area contributed by atoms with Crippen LogP contribution in [0, 0.1) is 0 Å². The van der Waals surface area contributed by atoms with Crippen molar-refractivity contribution in [2.45, 2.75) is 0 Å². The van der Waals surface area contributed by atoms with E-state index < -0.39 is 0 Å². The predicted octanol–water partition coefficient (Wildman–Crippen LogP) is 10.1. The van der Waals surface area contributed by atoms with E-state index >= 15 is 0 Å². The van der Waals surface area contributed by atoms with Crippen molar-refractivity contribution in [3.05, 3.63) is 156 Å². The normalized spacial score (nSPS) is 11.6. The van der Waals surface area contributed by atoms with Gasteiger partial charge in [0.1, 0.15) is 11.5 Å². The molecular weight excluding hydrogens is 448 g/mol. The molecule has 0 atom stereocenters. The molecule has 37 heavy (non-hydrogen) atoms. The molecule has 6 aromatic carbocycles. The molecule has 0 bridgehead atoms. The van der Waals surface area contributed by atoms with Gasteiger partial charge < -0.3 is 4.74 Å². The van der Waals surface area contributed by atoms with Crippen LogP contribution in [-0.4, -0.2) is 0 Å². The molecule has 0 unspecified atom stereocenters. The van der Waals surface area contributed by atoms with Crippen molar-refractivity contribution in [3.63, 3.8) is 0 Å². The molecule has 0 amide bonds. The summed E-state index contributed by atoms with van der Waals surface area (Å²) in [5, 5.41) is 4.52. The van der Waals surface area contributed by atoms with Gasteiger partial charge in [0.2, 0.25) is 0 Å². The molecule has 176 valence electrons. The molecule has 1 heteroatoms. The van der Waals surface area contributed by atoms with E-state index in [-0.39, 0.29) is 0 Å². The minimum absolute atomic E-state index is 0.852. The van der Waals surface area contributed by atoms with Crippen LogP contribution in [-0.2, 0) is 0 Å². The zero-order chi connectivity index (χ0) is 24.9. The molecule has 0 saturated carbocycles. The molecule has 0 aliphatic carbocycles. The van der Waals surface area contributed by atoms with Gasteiger partial charge in [0, 0.05) is 10.8 Å². The third kappa shape index (κ3) is 4.94. The van der Waals surface area contributed by atoms with Gasteiger partial charge >= 0.3 is 0 Å². The number of hydrogen-bond donors (Lipinski definition) is 0. The Labute approximate surface area is 217 Å². The minimum Gasteiger partial charge on any atom is -0.456 e. The molecule has 0 N–H and O–H groups in total. The Bertz CT molecular complexity index is 1600. The third-order valence-corrected chi connectivity index (χ3v) is 6.57. The summed E-state index contributed by atoms with van der Waals surface area (Å²) in [6.07, 6.45) is 8.64. The van der Waals surface area contributed by atoms with Crippen molar-refractivity contribution in [2.24, 2.45) is 0 Å². The Kier molecular flexibility index (Phi) is 6.34. The van der Waals surface area contributed by atoms with Gasteiger partial charge in [-0.15, -0.1) is 0 Å². The molecular formula is C36H26O. The van der Waals surface area contributed by atoms with Crippen molar-refractivity contribution >= 4 is 45.8 Å². The van der Waals surface area contributed by atoms with E-state index in [9.17, 15) is 0 Å². The van der Waals surface area contributed by atoms with E-state index in [0.717, 1.165) is 33.4 Å². The van der Waals surface area contributed by atoms with Gasteiger partial charge in [0.25, 0.3) is 0 Å². The molecule has 1 nitrogen and oxygen atoms in total. The monoisotopic (exact) mass is 474 g/mol. The molecule has 0 saturated heterocycles. The Morgan fingerprint density at radius 2 is 0.703 bits per heavy atom. The first-order valence-corrected chi connectivity index (χ1v) is 12.5. The van der Waals surface area contributed by atoms with E-state index in [4.69, 9.17) is 4.74 Å². The van der Waals surface area contributed by atoms with Crippen LogP contribution in [0.5, 0.6) is 11.5 Å². The topological polar surface area (TPSA) is 9.23 Å². The number of ether oxygens (including phenoxy) is 1. The van der Waals surface area contributed by atoms with Gasteiger partial charge in [-0.25, -0.2) is 0 Å². The summed E-state index contributed by atoms with van der Waals surface area (Å²) in [7, 11) is 0. The summed E-state index contributed by atoms with van der Waals surface area (Å²) < 4.78 is 6.59. The Hall–Kier alpha value is -4.88. The van der Waals surface area contributed by atoms with Gasteiger partial charge in [-0.05, 0) is 45.2 Å². The van der Waals surface area contributed by atoms with E-state index in [1.807, 2.05) is 12.1 Å². The SMILES string of the molecule is C(=C\c1ccc(Oc2ccc(/C=C/c3ccccc3)c3ccccc23)c2ccccc12)/c1ccccc1. The highest BCUT2D eigenvalue weighted by atomic mass is 16.5. The molecule has 0 heterocycles. The first-order valence-electron chi connectivity index (χ1n) is 12.5. The first-order chi connectivity index (χ1) is 18.3. The number of benzene rings is 6. The molecule has 0 aliphatic rings. The highest BCUT2D eigenvalue weighted by Gasteiger charge is 2.10. The molecule has 0 radical (unpaired) electrons. The molecule has 0 aliphatic heterocycles. The average Bonchev–Trinajstić information content (AvgIpc) is 2.97. The standard InChI is InChI=1S/C36H26O/c1-3-11-27(12-4-1)19-21-29-23-25-35(33-17-9-7-15-31(29)33)37-36-26-24-30(32-16-8-10-18-34(32)36)22-20-28-13-5-2-6-14-28/h1-26H/b21-19+,22-20+. The predicted molar refractivity (Wildman–Crippen MR) is 159 cm³/mol. The lowest BCUT2D eigenvalue weighted by molar-refractivity contribution is 0.494. The highest BCUT2D eigenvalue weighted by Crippen LogP contribution is 2.37. The van der Waals surface area contributed by atoms with Gasteiger partial charge in [-0.2, -0.15) is 0 Å². The fraction of sp³-hybridized carbons (Fsp3) is 0. The second-order valence-corrected chi connectivity index (χ2v) is 8.99. The van der Waals surface area contributed by atoms with E-state index in [2.05, 4.69) is 146 Å². The van der Waals surface area contributed by atoms with Crippen molar-refractivity contribution in [1.29, 1.82) is 0 Å². The minimum atomic E-state index is 0.852. The van der Waals surface area contributed by atoms with Crippen LogP contribution in [0.4, 0.5) is 0 Å². The second kappa shape index (κ2) is 10.4. The van der Waals surface area contributed by atoms with E-state index in [1.54, 1.807) is 0 Å². The third-order valence-electron chi connectivity index (χ3n) is 6.57. The second-order valence-electron chi connectivity index (χ2n) is 8.99. The van der Waals surface area contributed by atoms with E-state index in [0.29, 0.717) is 0 Å². The lowest BCUT2D eigenvalue weighted by Crippen LogP contribution is -1.90. The number of fused-ring (bicyclic) bond motifs is 2. The zero-order valence-electron chi connectivity index (χ0n) is 20.4. The van der Waals surface area contributed by atoms with Crippen LogP contribution in [0.15, 0.2) is 133 Å². The van der Waals surface area contributed by atoms with Crippen LogP contribution in [0.2, 0.25) is 0 Å². The molecule has 6 rings (SSSR count). The maximum atomic E-state index is 6.59. The van der Waals surface area contributed by atoms with Crippen molar-refractivity contribution in [1.82, 2.24) is 0 Å². The summed E-state index contributed by atoms with van der Waals surface area (Å²) >= 11 is 0. The first kappa shape index (κ1) is 22.6. The van der Waals surface area contributed by atoms with Crippen LogP contribution in [0.1, 0.15) is 22.3 Å². The summed E-state index contributed by atoms with van der Waals surface area (Å²) in [5.41, 5.74) is 4.69. The fourth-order valence-corrected chi connectivity index (χ4v) is 4.68. The van der Waals surface area contributed by atoms with Crippen LogP contribution in [0.25, 0.3) is 45.8 Å². The lowest BCUT2D eigenvalue weighted by Gasteiger charge is -2.14. The summed E-state index contributed by atoms with van der Waals surface area (Å²) in [5.74, 6) is 1.70. The molecule has 0 spiro atoms. The molecule has 0 fully saturated rings. The quantitative estimate of drug-likeness (QED) is 0.218. The maximum absolute atomic E-state index is 6.59. The zero-order valence-corrected chi connectivity index (χ0v) is 20.4. The maximum Gasteiger partial charge on any atom is 0.135 e. The van der Waals surface area contributed by atoms with Crippen molar-refractivity contribution in [3.8, 4) is 11.5 Å². The Morgan fingerprint density at radius 1 is 0.324 bits per heavy atom. The number of rotatable bonds is 6. The van der Waals surface area contributed by atoms with Crippen LogP contribution < -0.4 is 4.74 Å². The Morgan fingerprint density at radius 3 is 1.14 bits per heavy atom. The molecule has 6 aromatic rings. The largest absolute Gasteiger partial charge is 0.456 e. The number of hydrogen-bond acceptors (Lipinski definition) is 1. The van der Waals surface area contributed by atoms with Crippen LogP contribution >= 0.6 is 0 Å². The fourth-order valence-electron chi connectivity index (χ4n) is 4.68. The van der Waals surface area contributed by atoms with E-state index in [1.165, 1.54) is 21.9 Å². The van der Waals surface area contributed by atoms with Crippen molar-refractivity contribution < 1.29 is 4.74 Å². The van der Waals surface area contributed by atoms with Gasteiger partial charge in [0.15, 0.2) is 0 Å². The summed E-state index contributed by atoms with van der Waals surface area (Å²) in [6.45, 7) is 0. The van der Waals surface area contributed by atoms with Crippen LogP contribution in [0.3, 0.4) is 0 Å². The summed E-state index contributed by atoms with van der Waals surface area (Å²) in [4.78, 5) is 0. The van der Waals surface area contributed by atoms with Gasteiger partial charge in [0.05, 0.1) is 0 Å². The van der Waals surface area contributed by atoms with Gasteiger partial charge in [-0.1, -0.05) is 146 Å². The highest BCUT2D eigenvalue weighted by molar-refractivity contribution is 5.99. The molecule has 0 aromatic heterocycles. The van der Waals surface area contributed by atoms with Gasteiger partial charge in [-0.3, -0.25) is 0 Å². The lowest BCUT2D eigenvalue weighted by atomic mass is 10.0. The average molecular weight is 475 g/mol. The summed E-state index contributed by atoms with van der Waals surface area (Å²) in [6, 6.07) is 46.0.